The van der Waals surface area contributed by atoms with Crippen LogP contribution < -0.4 is 4.74 Å². The van der Waals surface area contributed by atoms with Crippen molar-refractivity contribution in [3.63, 3.8) is 0 Å². The lowest BCUT2D eigenvalue weighted by atomic mass is 10.1. The van der Waals surface area contributed by atoms with E-state index in [1.54, 1.807) is 7.05 Å². The average molecular weight is 254 g/mol. The van der Waals surface area contributed by atoms with Crippen molar-refractivity contribution < 1.29 is 18.6 Å². The number of benzene rings is 1. The lowest BCUT2D eigenvalue weighted by Gasteiger charge is -2.13. The molecule has 0 radical (unpaired) electrons. The van der Waals surface area contributed by atoms with Crippen molar-refractivity contribution in [1.82, 2.24) is 9.78 Å². The van der Waals surface area contributed by atoms with Crippen molar-refractivity contribution >= 4 is 0 Å². The molecule has 0 amide bonds. The molecular formula is C12H12F2N2O2. The van der Waals surface area contributed by atoms with Gasteiger partial charge in [0.25, 0.3) is 0 Å². The summed E-state index contributed by atoms with van der Waals surface area (Å²) in [5, 5.41) is 14.1. The van der Waals surface area contributed by atoms with E-state index in [9.17, 15) is 13.9 Å². The highest BCUT2D eigenvalue weighted by Gasteiger charge is 2.21. The third-order valence-corrected chi connectivity index (χ3v) is 2.69. The first-order valence-electron chi connectivity index (χ1n) is 5.23. The number of hydrogen-bond donors (Lipinski definition) is 1. The topological polar surface area (TPSA) is 47.3 Å². The first-order chi connectivity index (χ1) is 8.54. The fourth-order valence-electron chi connectivity index (χ4n) is 1.74. The zero-order valence-electron chi connectivity index (χ0n) is 9.89. The van der Waals surface area contributed by atoms with Crippen LogP contribution in [0.5, 0.6) is 5.75 Å². The fraction of sp³-hybridized carbons (Fsp3) is 0.250. The van der Waals surface area contributed by atoms with Crippen molar-refractivity contribution in [2.75, 3.05) is 7.11 Å². The molecule has 1 unspecified atom stereocenters. The summed E-state index contributed by atoms with van der Waals surface area (Å²) in [6, 6.07) is 3.23. The molecule has 18 heavy (non-hydrogen) atoms. The summed E-state index contributed by atoms with van der Waals surface area (Å²) in [7, 11) is 3.07. The van der Waals surface area contributed by atoms with Crippen LogP contribution in [0.4, 0.5) is 8.78 Å². The van der Waals surface area contributed by atoms with E-state index in [2.05, 4.69) is 5.10 Å². The van der Waals surface area contributed by atoms with Gasteiger partial charge in [0.15, 0.2) is 17.4 Å². The van der Waals surface area contributed by atoms with Gasteiger partial charge < -0.3 is 9.84 Å². The molecule has 0 bridgehead atoms. The number of halogens is 2. The predicted octanol–water partition coefficient (Wildman–Crippen LogP) is 1.79. The molecule has 0 saturated carbocycles. The lowest BCUT2D eigenvalue weighted by molar-refractivity contribution is 0.203. The Labute approximate surface area is 102 Å². The molecule has 0 saturated heterocycles. The summed E-state index contributed by atoms with van der Waals surface area (Å²) in [5.74, 6) is -1.58. The first-order valence-corrected chi connectivity index (χ1v) is 5.23. The number of aliphatic hydroxyl groups excluding tert-OH is 1. The fourth-order valence-corrected chi connectivity index (χ4v) is 1.74. The SMILES string of the molecule is COc1cnn(C)c1C(O)c1ccc(F)c(F)c1. The number of nitrogens with zero attached hydrogens (tertiary/aromatic N) is 2. The van der Waals surface area contributed by atoms with Crippen molar-refractivity contribution in [2.24, 2.45) is 7.05 Å². The minimum atomic E-state index is -1.14. The van der Waals surface area contributed by atoms with Crippen LogP contribution in [0, 0.1) is 11.6 Å². The molecule has 1 aromatic carbocycles. The van der Waals surface area contributed by atoms with Crippen LogP contribution >= 0.6 is 0 Å². The molecule has 2 aromatic rings. The second kappa shape index (κ2) is 4.73. The van der Waals surface area contributed by atoms with Crippen LogP contribution in [0.1, 0.15) is 17.4 Å². The van der Waals surface area contributed by atoms with Crippen LogP contribution in [-0.2, 0) is 7.05 Å². The average Bonchev–Trinajstić information content (AvgIpc) is 2.73. The molecule has 0 aliphatic rings. The highest BCUT2D eigenvalue weighted by molar-refractivity contribution is 5.34. The second-order valence-corrected chi connectivity index (χ2v) is 3.80. The van der Waals surface area contributed by atoms with Crippen LogP contribution in [-0.4, -0.2) is 22.0 Å². The zero-order valence-corrected chi connectivity index (χ0v) is 9.89. The summed E-state index contributed by atoms with van der Waals surface area (Å²) >= 11 is 0. The normalized spacial score (nSPS) is 12.5. The number of hydrogen-bond acceptors (Lipinski definition) is 3. The van der Waals surface area contributed by atoms with Gasteiger partial charge in [-0.25, -0.2) is 8.78 Å². The minimum Gasteiger partial charge on any atom is -0.493 e. The molecule has 4 nitrogen and oxygen atoms in total. The Morgan fingerprint density at radius 1 is 1.33 bits per heavy atom. The highest BCUT2D eigenvalue weighted by Crippen LogP contribution is 2.29. The Kier molecular flexibility index (Phi) is 3.29. The molecule has 1 atom stereocenters. The highest BCUT2D eigenvalue weighted by atomic mass is 19.2. The van der Waals surface area contributed by atoms with Gasteiger partial charge in [0.1, 0.15) is 11.8 Å². The number of aryl methyl sites for hydroxylation is 1. The Bertz CT molecular complexity index is 569. The van der Waals surface area contributed by atoms with E-state index >= 15 is 0 Å². The van der Waals surface area contributed by atoms with Crippen molar-refractivity contribution in [2.45, 2.75) is 6.10 Å². The Morgan fingerprint density at radius 2 is 2.06 bits per heavy atom. The van der Waals surface area contributed by atoms with Gasteiger partial charge in [-0.2, -0.15) is 5.10 Å². The first kappa shape index (κ1) is 12.5. The molecule has 0 spiro atoms. The van der Waals surface area contributed by atoms with Gasteiger partial charge in [-0.05, 0) is 17.7 Å². The predicted molar refractivity (Wildman–Crippen MR) is 60.2 cm³/mol. The van der Waals surface area contributed by atoms with Crippen LogP contribution in [0.25, 0.3) is 0 Å². The molecule has 1 N–H and O–H groups in total. The molecule has 96 valence electrons. The Hall–Kier alpha value is -1.95. The minimum absolute atomic E-state index is 0.232. The van der Waals surface area contributed by atoms with Crippen molar-refractivity contribution in [3.8, 4) is 5.75 Å². The number of ether oxygens (including phenoxy) is 1. The molecule has 6 heteroatoms. The number of aromatic nitrogens is 2. The van der Waals surface area contributed by atoms with E-state index in [1.165, 1.54) is 24.1 Å². The molecule has 1 aromatic heterocycles. The second-order valence-electron chi connectivity index (χ2n) is 3.80. The van der Waals surface area contributed by atoms with E-state index < -0.39 is 17.7 Å². The van der Waals surface area contributed by atoms with E-state index in [0.717, 1.165) is 12.1 Å². The lowest BCUT2D eigenvalue weighted by Crippen LogP contribution is -2.08. The van der Waals surface area contributed by atoms with Crippen LogP contribution in [0.3, 0.4) is 0 Å². The number of aliphatic hydroxyl groups is 1. The van der Waals surface area contributed by atoms with Gasteiger partial charge >= 0.3 is 0 Å². The summed E-state index contributed by atoms with van der Waals surface area (Å²) in [6.07, 6.45) is 0.306. The summed E-state index contributed by atoms with van der Waals surface area (Å²) in [4.78, 5) is 0. The van der Waals surface area contributed by atoms with Gasteiger partial charge in [0.05, 0.1) is 13.3 Å². The Morgan fingerprint density at radius 3 is 2.67 bits per heavy atom. The molecule has 0 fully saturated rings. The third kappa shape index (κ3) is 2.06. The largest absolute Gasteiger partial charge is 0.493 e. The van der Waals surface area contributed by atoms with Crippen molar-refractivity contribution in [3.05, 3.63) is 47.3 Å². The molecule has 2 rings (SSSR count). The smallest absolute Gasteiger partial charge is 0.162 e. The van der Waals surface area contributed by atoms with E-state index in [-0.39, 0.29) is 5.56 Å². The van der Waals surface area contributed by atoms with E-state index in [0.29, 0.717) is 11.4 Å². The monoisotopic (exact) mass is 254 g/mol. The third-order valence-electron chi connectivity index (χ3n) is 2.69. The van der Waals surface area contributed by atoms with Gasteiger partial charge in [0.2, 0.25) is 0 Å². The molecular weight excluding hydrogens is 242 g/mol. The standard InChI is InChI=1S/C12H12F2N2O2/c1-16-11(10(18-2)6-15-16)12(17)7-3-4-8(13)9(14)5-7/h3-6,12,17H,1-2H3. The summed E-state index contributed by atoms with van der Waals surface area (Å²) in [6.45, 7) is 0. The van der Waals surface area contributed by atoms with Gasteiger partial charge in [-0.3, -0.25) is 4.68 Å². The van der Waals surface area contributed by atoms with E-state index in [1.807, 2.05) is 0 Å². The number of methoxy groups -OCH3 is 1. The van der Waals surface area contributed by atoms with Gasteiger partial charge in [-0.1, -0.05) is 6.07 Å². The summed E-state index contributed by atoms with van der Waals surface area (Å²) in [5.41, 5.74) is 0.610. The maximum Gasteiger partial charge on any atom is 0.162 e. The summed E-state index contributed by atoms with van der Waals surface area (Å²) < 4.78 is 32.4. The molecule has 0 aliphatic carbocycles. The van der Waals surface area contributed by atoms with Crippen LogP contribution in [0.2, 0.25) is 0 Å². The maximum absolute atomic E-state index is 13.1. The maximum atomic E-state index is 13.1. The quantitative estimate of drug-likeness (QED) is 0.908. The Balaban J connectivity index is 2.44. The van der Waals surface area contributed by atoms with Crippen LogP contribution in [0.15, 0.2) is 24.4 Å². The van der Waals surface area contributed by atoms with Gasteiger partial charge in [-0.15, -0.1) is 0 Å². The zero-order chi connectivity index (χ0) is 13.3. The van der Waals surface area contributed by atoms with E-state index in [4.69, 9.17) is 4.74 Å². The number of rotatable bonds is 3. The molecule has 0 aliphatic heterocycles. The van der Waals surface area contributed by atoms with Crippen molar-refractivity contribution in [1.29, 1.82) is 0 Å². The molecule has 1 heterocycles. The van der Waals surface area contributed by atoms with Gasteiger partial charge in [0, 0.05) is 7.05 Å².